The Labute approximate surface area is 124 Å². The molecule has 1 aromatic rings. The van der Waals surface area contributed by atoms with Gasteiger partial charge in [-0.05, 0) is 26.0 Å². The highest BCUT2D eigenvalue weighted by Gasteiger charge is 2.47. The van der Waals surface area contributed by atoms with Crippen molar-refractivity contribution in [2.24, 2.45) is 11.8 Å². The number of ketones is 6. The van der Waals surface area contributed by atoms with Gasteiger partial charge in [-0.15, -0.1) is 0 Å². The Morgan fingerprint density at radius 2 is 0.864 bits per heavy atom. The van der Waals surface area contributed by atoms with Crippen molar-refractivity contribution >= 4 is 34.7 Å². The van der Waals surface area contributed by atoms with Gasteiger partial charge in [0.15, 0.2) is 23.1 Å². The summed E-state index contributed by atoms with van der Waals surface area (Å²) in [5, 5.41) is 0. The predicted octanol–water partition coefficient (Wildman–Crippen LogP) is 0.855. The van der Waals surface area contributed by atoms with Gasteiger partial charge in [-0.25, -0.2) is 0 Å². The van der Waals surface area contributed by atoms with Gasteiger partial charge >= 0.3 is 0 Å². The van der Waals surface area contributed by atoms with Gasteiger partial charge in [0.25, 0.3) is 0 Å². The molecule has 2 aliphatic carbocycles. The summed E-state index contributed by atoms with van der Waals surface area (Å²) in [4.78, 5) is 71.5. The number of hydrogen-bond donors (Lipinski definition) is 0. The van der Waals surface area contributed by atoms with E-state index < -0.39 is 46.5 Å². The fourth-order valence-corrected chi connectivity index (χ4v) is 3.01. The van der Waals surface area contributed by atoms with Crippen LogP contribution in [0, 0.1) is 11.8 Å². The minimum absolute atomic E-state index is 0.0331. The summed E-state index contributed by atoms with van der Waals surface area (Å²) in [5.41, 5.74) is -0.132. The molecule has 0 heterocycles. The largest absolute Gasteiger partial charge is 0.299 e. The zero-order valence-electron chi connectivity index (χ0n) is 11.8. The Morgan fingerprint density at radius 3 is 1.05 bits per heavy atom. The topological polar surface area (TPSA) is 102 Å². The highest BCUT2D eigenvalue weighted by Crippen LogP contribution is 2.35. The molecular weight excluding hydrogens is 288 g/mol. The lowest BCUT2D eigenvalue weighted by Gasteiger charge is -2.00. The number of rotatable bonds is 2. The van der Waals surface area contributed by atoms with Crippen molar-refractivity contribution in [2.45, 2.75) is 13.8 Å². The summed E-state index contributed by atoms with van der Waals surface area (Å²) >= 11 is 0. The summed E-state index contributed by atoms with van der Waals surface area (Å²) in [6.07, 6.45) is 0. The van der Waals surface area contributed by atoms with Crippen molar-refractivity contribution in [3.05, 3.63) is 34.4 Å². The fourth-order valence-electron chi connectivity index (χ4n) is 3.01. The van der Waals surface area contributed by atoms with Gasteiger partial charge < -0.3 is 0 Å². The smallest absolute Gasteiger partial charge is 0.181 e. The molecule has 0 atom stereocenters. The lowest BCUT2D eigenvalue weighted by molar-refractivity contribution is -0.119. The molecule has 0 bridgehead atoms. The third kappa shape index (κ3) is 1.60. The SMILES string of the molecule is CC(=O)C1C(=O)c2cc3c(cc2C1=O)C(=O)C(C(C)=O)C3=O. The van der Waals surface area contributed by atoms with Crippen LogP contribution in [0.4, 0.5) is 0 Å². The minimum atomic E-state index is -1.40. The maximum Gasteiger partial charge on any atom is 0.181 e. The average Bonchev–Trinajstić information content (AvgIpc) is 2.82. The standard InChI is InChI=1S/C16H10O6/c1-5(17)11-13(19)7-3-9-10(4-8(7)14(11)20)16(22)12(6(2)18)15(9)21/h3-4,11-12H,1-2H3. The first kappa shape index (κ1) is 14.2. The molecule has 0 aromatic heterocycles. The second-order valence-corrected chi connectivity index (χ2v) is 5.49. The number of carbonyl (C=O) groups excluding carboxylic acids is 6. The zero-order chi connectivity index (χ0) is 16.3. The van der Waals surface area contributed by atoms with Gasteiger partial charge in [0.1, 0.15) is 23.4 Å². The van der Waals surface area contributed by atoms with Crippen LogP contribution in [0.2, 0.25) is 0 Å². The number of benzene rings is 1. The Morgan fingerprint density at radius 1 is 0.636 bits per heavy atom. The third-order valence-corrected chi connectivity index (χ3v) is 4.08. The molecule has 0 unspecified atom stereocenters. The van der Waals surface area contributed by atoms with Crippen molar-refractivity contribution in [1.29, 1.82) is 0 Å². The van der Waals surface area contributed by atoms with Crippen LogP contribution in [0.5, 0.6) is 0 Å². The summed E-state index contributed by atoms with van der Waals surface area (Å²) in [7, 11) is 0. The van der Waals surface area contributed by atoms with Gasteiger partial charge in [0.2, 0.25) is 0 Å². The highest BCUT2D eigenvalue weighted by molar-refractivity contribution is 6.39. The van der Waals surface area contributed by atoms with Crippen LogP contribution in [0.15, 0.2) is 12.1 Å². The van der Waals surface area contributed by atoms with Crippen molar-refractivity contribution < 1.29 is 28.8 Å². The second kappa shape index (κ2) is 4.37. The number of fused-ring (bicyclic) bond motifs is 2. The van der Waals surface area contributed by atoms with Gasteiger partial charge in [-0.1, -0.05) is 0 Å². The second-order valence-electron chi connectivity index (χ2n) is 5.49. The maximum absolute atomic E-state index is 12.1. The van der Waals surface area contributed by atoms with Gasteiger partial charge in [-0.2, -0.15) is 0 Å². The average molecular weight is 298 g/mol. The van der Waals surface area contributed by atoms with Crippen molar-refractivity contribution in [3.8, 4) is 0 Å². The highest BCUT2D eigenvalue weighted by atomic mass is 16.2. The number of Topliss-reactive ketones (excluding diaryl/α,β-unsaturated/α-hetero) is 6. The summed E-state index contributed by atoms with van der Waals surface area (Å²) < 4.78 is 0. The Kier molecular flexibility index (Phi) is 2.82. The lowest BCUT2D eigenvalue weighted by atomic mass is 9.98. The van der Waals surface area contributed by atoms with Crippen molar-refractivity contribution in [3.63, 3.8) is 0 Å². The first-order valence-corrected chi connectivity index (χ1v) is 6.61. The summed E-state index contributed by atoms with van der Waals surface area (Å²) in [6.45, 7) is 2.28. The van der Waals surface area contributed by atoms with Crippen LogP contribution >= 0.6 is 0 Å². The normalized spacial score (nSPS) is 17.9. The Balaban J connectivity index is 2.20. The molecule has 0 aliphatic heterocycles. The lowest BCUT2D eigenvalue weighted by Crippen LogP contribution is -2.23. The van der Waals surface area contributed by atoms with E-state index in [4.69, 9.17) is 0 Å². The zero-order valence-corrected chi connectivity index (χ0v) is 11.8. The van der Waals surface area contributed by atoms with E-state index in [0.29, 0.717) is 0 Å². The van der Waals surface area contributed by atoms with E-state index in [0.717, 1.165) is 26.0 Å². The minimum Gasteiger partial charge on any atom is -0.299 e. The molecule has 0 N–H and O–H groups in total. The molecule has 1 aromatic carbocycles. The third-order valence-electron chi connectivity index (χ3n) is 4.08. The molecule has 0 saturated heterocycles. The quantitative estimate of drug-likeness (QED) is 0.750. The number of carbonyl (C=O) groups is 6. The molecule has 2 aliphatic rings. The first-order chi connectivity index (χ1) is 10.3. The molecule has 0 amide bonds. The molecule has 0 fully saturated rings. The molecule has 110 valence electrons. The monoisotopic (exact) mass is 298 g/mol. The van der Waals surface area contributed by atoms with Crippen molar-refractivity contribution in [1.82, 2.24) is 0 Å². The molecule has 0 saturated carbocycles. The van der Waals surface area contributed by atoms with Crippen LogP contribution in [0.3, 0.4) is 0 Å². The molecule has 6 nitrogen and oxygen atoms in total. The molecule has 0 spiro atoms. The molecular formula is C16H10O6. The van der Waals surface area contributed by atoms with Crippen LogP contribution in [0.1, 0.15) is 55.3 Å². The van der Waals surface area contributed by atoms with Crippen LogP contribution in [0.25, 0.3) is 0 Å². The van der Waals surface area contributed by atoms with E-state index in [-0.39, 0.29) is 22.3 Å². The van der Waals surface area contributed by atoms with Gasteiger partial charge in [0.05, 0.1) is 0 Å². The van der Waals surface area contributed by atoms with E-state index in [1.54, 1.807) is 0 Å². The van der Waals surface area contributed by atoms with Crippen LogP contribution in [-0.4, -0.2) is 34.7 Å². The van der Waals surface area contributed by atoms with Crippen molar-refractivity contribution in [2.75, 3.05) is 0 Å². The summed E-state index contributed by atoms with van der Waals surface area (Å²) in [5.74, 6) is -6.61. The van der Waals surface area contributed by atoms with Crippen LogP contribution in [-0.2, 0) is 9.59 Å². The summed E-state index contributed by atoms with van der Waals surface area (Å²) in [6, 6.07) is 2.33. The van der Waals surface area contributed by atoms with E-state index in [2.05, 4.69) is 0 Å². The molecule has 3 rings (SSSR count). The van der Waals surface area contributed by atoms with E-state index in [1.165, 1.54) is 0 Å². The van der Waals surface area contributed by atoms with E-state index in [9.17, 15) is 28.8 Å². The Bertz CT molecular complexity index is 709. The predicted molar refractivity (Wildman–Crippen MR) is 72.1 cm³/mol. The first-order valence-electron chi connectivity index (χ1n) is 6.61. The van der Waals surface area contributed by atoms with E-state index in [1.807, 2.05) is 0 Å². The molecule has 6 heteroatoms. The maximum atomic E-state index is 12.1. The molecule has 22 heavy (non-hydrogen) atoms. The van der Waals surface area contributed by atoms with Gasteiger partial charge in [0, 0.05) is 22.3 Å². The Hall–Kier alpha value is -2.76. The number of hydrogen-bond acceptors (Lipinski definition) is 6. The van der Waals surface area contributed by atoms with E-state index >= 15 is 0 Å². The molecule has 0 radical (unpaired) electrons. The van der Waals surface area contributed by atoms with Gasteiger partial charge in [-0.3, -0.25) is 28.8 Å². The fraction of sp³-hybridized carbons (Fsp3) is 0.250. The van der Waals surface area contributed by atoms with Crippen LogP contribution < -0.4 is 0 Å².